The van der Waals surface area contributed by atoms with Gasteiger partial charge in [0.1, 0.15) is 0 Å². The molecule has 0 bridgehead atoms. The van der Waals surface area contributed by atoms with Crippen molar-refractivity contribution in [2.45, 2.75) is 26.3 Å². The molecule has 3 nitrogen and oxygen atoms in total. The number of guanidine groups is 1. The van der Waals surface area contributed by atoms with Crippen LogP contribution < -0.4 is 10.6 Å². The van der Waals surface area contributed by atoms with Crippen LogP contribution in [0.2, 0.25) is 0 Å². The third-order valence-corrected chi connectivity index (χ3v) is 3.71. The molecule has 2 N–H and O–H groups in total. The van der Waals surface area contributed by atoms with E-state index in [4.69, 9.17) is 0 Å². The highest BCUT2D eigenvalue weighted by Crippen LogP contribution is 2.27. The summed E-state index contributed by atoms with van der Waals surface area (Å²) < 4.78 is 0. The zero-order valence-corrected chi connectivity index (χ0v) is 10.7. The summed E-state index contributed by atoms with van der Waals surface area (Å²) in [5.74, 6) is 1.79. The van der Waals surface area contributed by atoms with Crippen molar-refractivity contribution in [2.75, 3.05) is 13.6 Å². The van der Waals surface area contributed by atoms with Crippen LogP contribution in [0.5, 0.6) is 0 Å². The van der Waals surface area contributed by atoms with Gasteiger partial charge >= 0.3 is 0 Å². The normalized spacial score (nSPS) is 16.2. The van der Waals surface area contributed by atoms with Crippen molar-refractivity contribution in [1.29, 1.82) is 0 Å². The molecule has 2 rings (SSSR count). The van der Waals surface area contributed by atoms with Crippen LogP contribution in [0, 0.1) is 12.8 Å². The molecular weight excluding hydrogens is 218 g/mol. The summed E-state index contributed by atoms with van der Waals surface area (Å²) in [5, 5.41) is 6.68. The summed E-state index contributed by atoms with van der Waals surface area (Å²) in [6, 6.07) is 4.32. The standard InChI is InChI=1S/C12H19N3S/c1-9-3-6-11(16-9)8-15-12(13-2)14-7-10-4-5-10/h3,6,10H,4-5,7-8H2,1-2H3,(H2,13,14,15). The molecule has 1 heterocycles. The second-order valence-electron chi connectivity index (χ2n) is 4.26. The van der Waals surface area contributed by atoms with E-state index in [-0.39, 0.29) is 0 Å². The van der Waals surface area contributed by atoms with Gasteiger partial charge in [-0.3, -0.25) is 4.99 Å². The van der Waals surface area contributed by atoms with E-state index >= 15 is 0 Å². The third-order valence-electron chi connectivity index (χ3n) is 2.70. The summed E-state index contributed by atoms with van der Waals surface area (Å²) in [6.45, 7) is 4.06. The van der Waals surface area contributed by atoms with Crippen molar-refractivity contribution in [3.8, 4) is 0 Å². The molecule has 0 atom stereocenters. The SMILES string of the molecule is CN=C(NCc1ccc(C)s1)NCC1CC1. The van der Waals surface area contributed by atoms with Gasteiger partial charge in [0, 0.05) is 23.3 Å². The lowest BCUT2D eigenvalue weighted by Crippen LogP contribution is -2.37. The Labute approximate surface area is 101 Å². The summed E-state index contributed by atoms with van der Waals surface area (Å²) in [7, 11) is 1.82. The predicted octanol–water partition coefficient (Wildman–Crippen LogP) is 2.13. The number of aliphatic imine (C=N–C) groups is 1. The minimum atomic E-state index is 0.864. The molecule has 0 aliphatic heterocycles. The average Bonchev–Trinajstić information content (AvgIpc) is 3.02. The number of hydrogen-bond acceptors (Lipinski definition) is 2. The highest BCUT2D eigenvalue weighted by atomic mass is 32.1. The van der Waals surface area contributed by atoms with Crippen LogP contribution in [0.15, 0.2) is 17.1 Å². The van der Waals surface area contributed by atoms with Gasteiger partial charge in [0.05, 0.1) is 6.54 Å². The Morgan fingerprint density at radius 3 is 2.81 bits per heavy atom. The van der Waals surface area contributed by atoms with E-state index in [1.807, 2.05) is 18.4 Å². The van der Waals surface area contributed by atoms with Gasteiger partial charge in [0.15, 0.2) is 5.96 Å². The van der Waals surface area contributed by atoms with Crippen molar-refractivity contribution in [2.24, 2.45) is 10.9 Å². The first-order chi connectivity index (χ1) is 7.78. The smallest absolute Gasteiger partial charge is 0.191 e. The molecule has 88 valence electrons. The van der Waals surface area contributed by atoms with Crippen molar-refractivity contribution in [3.63, 3.8) is 0 Å². The molecule has 1 fully saturated rings. The van der Waals surface area contributed by atoms with Gasteiger partial charge in [-0.05, 0) is 37.8 Å². The fourth-order valence-corrected chi connectivity index (χ4v) is 2.36. The highest BCUT2D eigenvalue weighted by Gasteiger charge is 2.20. The van der Waals surface area contributed by atoms with Crippen LogP contribution in [0.3, 0.4) is 0 Å². The Bertz CT molecular complexity index is 366. The minimum Gasteiger partial charge on any atom is -0.356 e. The lowest BCUT2D eigenvalue weighted by Gasteiger charge is -2.10. The van der Waals surface area contributed by atoms with Crippen LogP contribution in [0.25, 0.3) is 0 Å². The number of aryl methyl sites for hydroxylation is 1. The summed E-state index contributed by atoms with van der Waals surface area (Å²) >= 11 is 1.83. The molecule has 1 aliphatic carbocycles. The molecule has 1 aliphatic rings. The first-order valence-electron chi connectivity index (χ1n) is 5.78. The first-order valence-corrected chi connectivity index (χ1v) is 6.59. The second-order valence-corrected chi connectivity index (χ2v) is 5.63. The lowest BCUT2D eigenvalue weighted by molar-refractivity contribution is 0.739. The zero-order chi connectivity index (χ0) is 11.4. The topological polar surface area (TPSA) is 36.4 Å². The van der Waals surface area contributed by atoms with Gasteiger partial charge in [-0.15, -0.1) is 11.3 Å². The van der Waals surface area contributed by atoms with Crippen LogP contribution in [-0.2, 0) is 6.54 Å². The van der Waals surface area contributed by atoms with Crippen LogP contribution >= 0.6 is 11.3 Å². The van der Waals surface area contributed by atoms with E-state index in [0.717, 1.165) is 25.0 Å². The van der Waals surface area contributed by atoms with E-state index in [1.165, 1.54) is 22.6 Å². The molecule has 16 heavy (non-hydrogen) atoms. The predicted molar refractivity (Wildman–Crippen MR) is 70.0 cm³/mol. The maximum atomic E-state index is 4.21. The van der Waals surface area contributed by atoms with E-state index in [0.29, 0.717) is 0 Å². The molecule has 0 amide bonds. The Morgan fingerprint density at radius 2 is 2.25 bits per heavy atom. The quantitative estimate of drug-likeness (QED) is 0.622. The van der Waals surface area contributed by atoms with Gasteiger partial charge in [-0.1, -0.05) is 0 Å². The van der Waals surface area contributed by atoms with E-state index in [9.17, 15) is 0 Å². The second kappa shape index (κ2) is 5.34. The van der Waals surface area contributed by atoms with E-state index in [1.54, 1.807) is 0 Å². The molecule has 0 spiro atoms. The average molecular weight is 237 g/mol. The molecule has 0 saturated heterocycles. The molecule has 0 radical (unpaired) electrons. The maximum Gasteiger partial charge on any atom is 0.191 e. The van der Waals surface area contributed by atoms with E-state index in [2.05, 4.69) is 34.7 Å². The van der Waals surface area contributed by atoms with Gasteiger partial charge in [-0.2, -0.15) is 0 Å². The monoisotopic (exact) mass is 237 g/mol. The highest BCUT2D eigenvalue weighted by molar-refractivity contribution is 7.11. The molecular formula is C12H19N3S. The number of nitrogens with zero attached hydrogens (tertiary/aromatic N) is 1. The Balaban J connectivity index is 1.73. The first kappa shape index (κ1) is 11.5. The fraction of sp³-hybridized carbons (Fsp3) is 0.583. The molecule has 1 aromatic heterocycles. The van der Waals surface area contributed by atoms with Crippen molar-refractivity contribution < 1.29 is 0 Å². The number of hydrogen-bond donors (Lipinski definition) is 2. The lowest BCUT2D eigenvalue weighted by atomic mass is 10.4. The minimum absolute atomic E-state index is 0.864. The van der Waals surface area contributed by atoms with Gasteiger partial charge in [0.2, 0.25) is 0 Å². The zero-order valence-electron chi connectivity index (χ0n) is 9.92. The molecule has 0 unspecified atom stereocenters. The van der Waals surface area contributed by atoms with Crippen LogP contribution in [0.1, 0.15) is 22.6 Å². The van der Waals surface area contributed by atoms with Gasteiger partial charge < -0.3 is 10.6 Å². The Hall–Kier alpha value is -1.03. The Kier molecular flexibility index (Phi) is 3.83. The fourth-order valence-electron chi connectivity index (χ4n) is 1.53. The third kappa shape index (κ3) is 3.52. The number of thiophene rings is 1. The molecule has 0 aromatic carbocycles. The van der Waals surface area contributed by atoms with Crippen molar-refractivity contribution in [1.82, 2.24) is 10.6 Å². The maximum absolute atomic E-state index is 4.21. The van der Waals surface area contributed by atoms with Crippen molar-refractivity contribution >= 4 is 17.3 Å². The molecule has 1 saturated carbocycles. The summed E-state index contributed by atoms with van der Waals surface area (Å²) in [6.07, 6.45) is 2.74. The number of rotatable bonds is 4. The summed E-state index contributed by atoms with van der Waals surface area (Å²) in [4.78, 5) is 6.92. The largest absolute Gasteiger partial charge is 0.356 e. The number of nitrogens with one attached hydrogen (secondary N) is 2. The molecule has 4 heteroatoms. The van der Waals surface area contributed by atoms with Crippen LogP contribution in [0.4, 0.5) is 0 Å². The Morgan fingerprint density at radius 1 is 1.44 bits per heavy atom. The molecule has 1 aromatic rings. The summed E-state index contributed by atoms with van der Waals surface area (Å²) in [5.41, 5.74) is 0. The van der Waals surface area contributed by atoms with Gasteiger partial charge in [0.25, 0.3) is 0 Å². The van der Waals surface area contributed by atoms with Crippen LogP contribution in [-0.4, -0.2) is 19.6 Å². The van der Waals surface area contributed by atoms with Crippen molar-refractivity contribution in [3.05, 3.63) is 21.9 Å². The van der Waals surface area contributed by atoms with Gasteiger partial charge in [-0.25, -0.2) is 0 Å². The van der Waals surface area contributed by atoms with E-state index < -0.39 is 0 Å².